The van der Waals surface area contributed by atoms with E-state index in [1.54, 1.807) is 18.1 Å². The summed E-state index contributed by atoms with van der Waals surface area (Å²) in [6.07, 6.45) is 2.24. The molecule has 3 aromatic rings. The number of nitriles is 1. The molecule has 3 saturated carbocycles. The third kappa shape index (κ3) is 4.86. The minimum absolute atomic E-state index is 0.0299. The van der Waals surface area contributed by atoms with Crippen LogP contribution >= 0.6 is 11.3 Å². The average Bonchev–Trinajstić information content (AvgIpc) is 3.85. The summed E-state index contributed by atoms with van der Waals surface area (Å²) in [6.45, 7) is 1.72. The van der Waals surface area contributed by atoms with Crippen LogP contribution in [0.25, 0.3) is 16.2 Å². The van der Waals surface area contributed by atoms with Crippen molar-refractivity contribution in [2.45, 2.75) is 73.3 Å². The monoisotopic (exact) mass is 632 g/mol. The minimum Gasteiger partial charge on any atom is -0.368 e. The van der Waals surface area contributed by atoms with Gasteiger partial charge in [0.2, 0.25) is 10.0 Å². The number of nitrogens with one attached hydrogen (secondary N) is 1. The van der Waals surface area contributed by atoms with Crippen molar-refractivity contribution in [3.05, 3.63) is 23.0 Å². The summed E-state index contributed by atoms with van der Waals surface area (Å²) >= 11 is 0.726. The molecule has 4 fully saturated rings. The number of imidazole rings is 1. The number of carbonyl (C=O) groups excluding carboxylic acids is 1. The van der Waals surface area contributed by atoms with Gasteiger partial charge in [0.1, 0.15) is 28.5 Å². The number of fused-ring (bicyclic) bond motifs is 1. The molecule has 1 saturated heterocycles. The lowest BCUT2D eigenvalue weighted by atomic mass is 9.85. The summed E-state index contributed by atoms with van der Waals surface area (Å²) in [4.78, 5) is 21.7. The zero-order valence-corrected chi connectivity index (χ0v) is 25.1. The van der Waals surface area contributed by atoms with Crippen LogP contribution < -0.4 is 9.62 Å². The van der Waals surface area contributed by atoms with Crippen molar-refractivity contribution in [1.82, 2.24) is 29.2 Å². The fourth-order valence-electron chi connectivity index (χ4n) is 5.82. The number of halogens is 2. The highest BCUT2D eigenvalue weighted by atomic mass is 32.2. The highest BCUT2D eigenvalue weighted by Crippen LogP contribution is 2.44. The minimum atomic E-state index is -4.14. The normalized spacial score (nSPS) is 21.2. The van der Waals surface area contributed by atoms with Crippen LogP contribution in [-0.4, -0.2) is 83.2 Å². The fraction of sp³-hybridized carbons (Fsp3) is 0.593. The van der Waals surface area contributed by atoms with Gasteiger partial charge in [-0.2, -0.15) is 9.98 Å². The van der Waals surface area contributed by atoms with E-state index in [0.29, 0.717) is 69.0 Å². The van der Waals surface area contributed by atoms with E-state index in [-0.39, 0.29) is 27.4 Å². The van der Waals surface area contributed by atoms with Gasteiger partial charge in [0.05, 0.1) is 16.5 Å². The lowest BCUT2D eigenvalue weighted by Gasteiger charge is -2.38. The number of amides is 1. The second kappa shape index (κ2) is 10.1. The molecule has 4 heterocycles. The molecule has 1 amide bonds. The van der Waals surface area contributed by atoms with E-state index >= 15 is 0 Å². The first-order valence-corrected chi connectivity index (χ1v) is 16.6. The Labute approximate surface area is 250 Å². The number of hydrogen-bond donors (Lipinski definition) is 1. The molecule has 7 rings (SSSR count). The van der Waals surface area contributed by atoms with E-state index in [1.165, 1.54) is 6.07 Å². The first-order chi connectivity index (χ1) is 20.6. The Bertz CT molecular complexity index is 1750. The SMILES string of the molecule is COC1(C(=O)N2CCN(c3cc(S(=O)(=O)NC4(C#N)CC4)cc4c(-c5nnc(C(F)F)s5)nc(C5CCC5)n34)CC2)CC1. The highest BCUT2D eigenvalue weighted by Gasteiger charge is 2.53. The van der Waals surface area contributed by atoms with Crippen molar-refractivity contribution < 1.29 is 26.7 Å². The Hall–Kier alpha value is -3.26. The standard InChI is InChI=1S/C27H30F2N8O4S2/c1-41-27(7-8-27)25(38)36-11-9-35(10-12-36)19-14-17(43(39,40)34-26(15-30)5-6-26)13-18-20(23-32-33-24(42-23)21(28)29)31-22(37(18)19)16-3-2-4-16/h13-14,16,21,34H,2-12H2,1H3. The van der Waals surface area contributed by atoms with Crippen LogP contribution in [0.2, 0.25) is 0 Å². The average molecular weight is 633 g/mol. The van der Waals surface area contributed by atoms with Gasteiger partial charge in [-0.3, -0.25) is 9.20 Å². The Morgan fingerprint density at radius 1 is 1.16 bits per heavy atom. The van der Waals surface area contributed by atoms with Crippen LogP contribution in [0.15, 0.2) is 17.0 Å². The zero-order chi connectivity index (χ0) is 30.1. The van der Waals surface area contributed by atoms with Crippen molar-refractivity contribution in [2.75, 3.05) is 38.2 Å². The van der Waals surface area contributed by atoms with Gasteiger partial charge in [0.15, 0.2) is 10.0 Å². The maximum absolute atomic E-state index is 13.7. The van der Waals surface area contributed by atoms with E-state index in [4.69, 9.17) is 9.72 Å². The third-order valence-electron chi connectivity index (χ3n) is 9.00. The molecule has 0 bridgehead atoms. The molecule has 16 heteroatoms. The maximum atomic E-state index is 13.7. The number of rotatable bonds is 9. The molecule has 3 aromatic heterocycles. The smallest absolute Gasteiger partial charge is 0.291 e. The van der Waals surface area contributed by atoms with Crippen LogP contribution in [-0.2, 0) is 19.6 Å². The lowest BCUT2D eigenvalue weighted by Crippen LogP contribution is -2.53. The number of piperazine rings is 1. The summed E-state index contributed by atoms with van der Waals surface area (Å²) in [5.41, 5.74) is -1.17. The predicted octanol–water partition coefficient (Wildman–Crippen LogP) is 3.22. The number of ether oxygens (including phenoxy) is 1. The number of carbonyl (C=O) groups is 1. The van der Waals surface area contributed by atoms with Gasteiger partial charge >= 0.3 is 0 Å². The summed E-state index contributed by atoms with van der Waals surface area (Å²) in [7, 11) is -2.59. The van der Waals surface area contributed by atoms with Gasteiger partial charge in [-0.25, -0.2) is 22.2 Å². The van der Waals surface area contributed by atoms with Crippen molar-refractivity contribution in [1.29, 1.82) is 5.26 Å². The Kier molecular flexibility index (Phi) is 6.73. The van der Waals surface area contributed by atoms with Gasteiger partial charge in [0, 0.05) is 39.2 Å². The number of hydrogen-bond acceptors (Lipinski definition) is 10. The summed E-state index contributed by atoms with van der Waals surface area (Å²) in [5.74, 6) is 1.36. The largest absolute Gasteiger partial charge is 0.368 e. The maximum Gasteiger partial charge on any atom is 0.291 e. The van der Waals surface area contributed by atoms with Crippen LogP contribution in [0.5, 0.6) is 0 Å². The number of nitrogens with zero attached hydrogens (tertiary/aromatic N) is 7. The molecule has 1 aliphatic heterocycles. The van der Waals surface area contributed by atoms with Gasteiger partial charge in [-0.05, 0) is 50.7 Å². The molecule has 0 unspecified atom stereocenters. The van der Waals surface area contributed by atoms with E-state index < -0.39 is 32.6 Å². The molecule has 1 N–H and O–H groups in total. The molecule has 0 spiro atoms. The van der Waals surface area contributed by atoms with Crippen LogP contribution in [0.4, 0.5) is 14.6 Å². The second-order valence-corrected chi connectivity index (χ2v) is 14.4. The molecule has 3 aliphatic carbocycles. The molecule has 12 nitrogen and oxygen atoms in total. The van der Waals surface area contributed by atoms with Crippen molar-refractivity contribution in [3.63, 3.8) is 0 Å². The first-order valence-electron chi connectivity index (χ1n) is 14.3. The number of methoxy groups -OCH3 is 1. The van der Waals surface area contributed by atoms with Gasteiger partial charge < -0.3 is 14.5 Å². The molecule has 0 radical (unpaired) electrons. The summed E-state index contributed by atoms with van der Waals surface area (Å²) in [6, 6.07) is 5.12. The molecular formula is C27H30F2N8O4S2. The van der Waals surface area contributed by atoms with E-state index in [0.717, 1.165) is 30.6 Å². The predicted molar refractivity (Wildman–Crippen MR) is 151 cm³/mol. The number of anilines is 1. The number of alkyl halides is 2. The Balaban J connectivity index is 1.34. The first kappa shape index (κ1) is 28.5. The molecule has 0 atom stereocenters. The van der Waals surface area contributed by atoms with Gasteiger partial charge in [-0.1, -0.05) is 17.8 Å². The fourth-order valence-corrected chi connectivity index (χ4v) is 7.93. The van der Waals surface area contributed by atoms with E-state index in [9.17, 15) is 27.3 Å². The molecule has 228 valence electrons. The van der Waals surface area contributed by atoms with Crippen LogP contribution in [0.3, 0.4) is 0 Å². The molecule has 0 aromatic carbocycles. The van der Waals surface area contributed by atoms with Crippen molar-refractivity contribution in [3.8, 4) is 16.8 Å². The van der Waals surface area contributed by atoms with E-state index in [2.05, 4.69) is 21.0 Å². The molecule has 43 heavy (non-hydrogen) atoms. The summed E-state index contributed by atoms with van der Waals surface area (Å²) in [5, 5.41) is 16.9. The van der Waals surface area contributed by atoms with Crippen molar-refractivity contribution >= 4 is 38.6 Å². The van der Waals surface area contributed by atoms with Crippen LogP contribution in [0, 0.1) is 11.3 Å². The Morgan fingerprint density at radius 3 is 2.42 bits per heavy atom. The second-order valence-electron chi connectivity index (χ2n) is 11.7. The topological polar surface area (TPSA) is 146 Å². The quantitative estimate of drug-likeness (QED) is 0.376. The number of pyridine rings is 1. The number of sulfonamides is 1. The molecule has 4 aliphatic rings. The van der Waals surface area contributed by atoms with Gasteiger partial charge in [-0.15, -0.1) is 10.2 Å². The number of aromatic nitrogens is 4. The highest BCUT2D eigenvalue weighted by molar-refractivity contribution is 7.89. The van der Waals surface area contributed by atoms with Gasteiger partial charge in [0.25, 0.3) is 12.3 Å². The van der Waals surface area contributed by atoms with Crippen LogP contribution in [0.1, 0.15) is 68.1 Å². The lowest BCUT2D eigenvalue weighted by molar-refractivity contribution is -0.144. The van der Waals surface area contributed by atoms with Crippen molar-refractivity contribution in [2.24, 2.45) is 0 Å². The zero-order valence-electron chi connectivity index (χ0n) is 23.4. The Morgan fingerprint density at radius 2 is 1.88 bits per heavy atom. The summed E-state index contributed by atoms with van der Waals surface area (Å²) < 4.78 is 64.2. The third-order valence-corrected chi connectivity index (χ3v) is 11.5. The molecular weight excluding hydrogens is 602 g/mol. The van der Waals surface area contributed by atoms with E-state index in [1.807, 2.05) is 9.30 Å².